The first-order valence-electron chi connectivity index (χ1n) is 39.6. The molecule has 1 aliphatic heterocycles. The average molecular weight is 1790 g/mol. The highest BCUT2D eigenvalue weighted by Gasteiger charge is 2.58. The second kappa shape index (κ2) is 54.6. The summed E-state index contributed by atoms with van der Waals surface area (Å²) in [6, 6.07) is 4.99. The number of nitrogens with two attached hydrogens (primary N) is 2. The van der Waals surface area contributed by atoms with E-state index >= 15 is 0 Å². The summed E-state index contributed by atoms with van der Waals surface area (Å²) < 4.78 is 45.0. The Kier molecular flexibility index (Phi) is 46.8. The highest BCUT2D eigenvalue weighted by Crippen LogP contribution is 2.69. The number of benzene rings is 2. The number of anilines is 2. The summed E-state index contributed by atoms with van der Waals surface area (Å²) >= 11 is 0.965. The number of aliphatic hydroxyl groups excluding tert-OH is 1. The quantitative estimate of drug-likeness (QED) is 0.0175. The Bertz CT molecular complexity index is 3920. The minimum Gasteiger partial charge on any atom is -0.481 e. The molecule has 2 aliphatic rings. The Morgan fingerprint density at radius 2 is 1.06 bits per heavy atom. The van der Waals surface area contributed by atoms with Crippen LogP contribution in [-0.4, -0.2) is 286 Å². The van der Waals surface area contributed by atoms with E-state index in [2.05, 4.69) is 69.1 Å². The highest BCUT2D eigenvalue weighted by atomic mass is 32.2. The average Bonchev–Trinajstić information content (AvgIpc) is 1.01. The van der Waals surface area contributed by atoms with Gasteiger partial charge in [0.1, 0.15) is 30.2 Å². The van der Waals surface area contributed by atoms with Crippen LogP contribution in [0.15, 0.2) is 48.5 Å². The van der Waals surface area contributed by atoms with Gasteiger partial charge in [-0.15, -0.1) is 11.8 Å². The molecule has 45 nitrogen and oxygen atoms in total. The SMILES string of the molecule is Cc1ccccc1NC(=O)Nc1ccc(CC(=O)N[C@@H](CCCNC(N)=O)C(=O)N[C@@H](CCC(=O)O)C(=O)N[C@@H](CO)C(=O)N[C@H](C(=O)NCCOCCOCCNC(=O)CCC(=O)NCCOCCOCCNC(=O)CCC(=O)N[C@H](CSC2CC(=O)N(CC3CCC(C(=O)NCCCC(O)(P(=O)(O)O)P(=O)(O)O)CC3)C2=O)C(N)=O)C(C)C)cc1. The number of carbonyl (C=O) groups is 16. The largest absolute Gasteiger partial charge is 0.481 e. The van der Waals surface area contributed by atoms with Gasteiger partial charge >= 0.3 is 33.2 Å². The van der Waals surface area contributed by atoms with E-state index in [0.717, 1.165) is 22.2 Å². The van der Waals surface area contributed by atoms with Crippen LogP contribution in [0.5, 0.6) is 0 Å². The molecule has 2 aromatic rings. The molecule has 2 fully saturated rings. The molecule has 2 aromatic carbocycles. The summed E-state index contributed by atoms with van der Waals surface area (Å²) in [4.78, 5) is 243. The van der Waals surface area contributed by atoms with Crippen LogP contribution in [0.25, 0.3) is 0 Å². The highest BCUT2D eigenvalue weighted by molar-refractivity contribution is 8.00. The zero-order valence-corrected chi connectivity index (χ0v) is 70.8. The predicted octanol–water partition coefficient (Wildman–Crippen LogP) is -3.29. The van der Waals surface area contributed by atoms with E-state index < -0.39 is 188 Å². The third-order valence-corrected chi connectivity index (χ3v) is 24.2. The van der Waals surface area contributed by atoms with Gasteiger partial charge in [-0.2, -0.15) is 0 Å². The van der Waals surface area contributed by atoms with Crippen molar-refractivity contribution in [3.05, 3.63) is 59.7 Å². The number of hydrogen-bond acceptors (Lipinski definition) is 25. The second-order valence-corrected chi connectivity index (χ2v) is 34.2. The number of hydrogen-bond donors (Lipinski definition) is 22. The van der Waals surface area contributed by atoms with E-state index in [-0.39, 0.29) is 168 Å². The molecule has 6 atom stereocenters. The number of aliphatic hydroxyl groups is 2. The van der Waals surface area contributed by atoms with Crippen molar-refractivity contribution in [3.8, 4) is 0 Å². The van der Waals surface area contributed by atoms with E-state index in [1.54, 1.807) is 50.2 Å². The standard InChI is InChI=1S/C74H116N16O29P2S/c1-45(2)64(89-69(104)54(43-91)87-68(103)53(19-24-63(98)99)86-67(102)52(10-6-26-82-72(76)107)84-61(96)40-47-13-17-50(18-14-47)83-73(108)88-51-9-5-4-8-46(51)3)70(105)81-31-35-119-39-38-118-33-29-78-58(93)21-20-57(92)77-28-32-116-36-37-117-34-30-79-59(94)22-23-60(95)85-55(65(75)100)44-122-56-41-62(97)90(71(56)106)42-48-11-15-49(16-12-48)66(101)80-27-7-25-74(109,120(110,111)112)121(113,114)115/h4-5,8-9,13-14,17-18,45,48-49,52-56,64,91,109H,6-7,10-12,15-16,19-44H2,1-3H3,(H2,75,100)(H,77,92)(H,78,93)(H,79,94)(H,80,101)(H,81,105)(H,84,96)(H,85,95)(H,86,102)(H,87,103)(H,89,104)(H,98,99)(H3,76,82,107)(H2,83,88,108)(H2,110,111,112)(H2,113,114,115)/t48?,49?,52-,53-,54-,55+,56?,64-/m0/s1. The number of rotatable bonds is 59. The number of imide groups is 1. The number of amides is 17. The smallest absolute Gasteiger partial charge is 0.369 e. The number of carboxylic acid groups (broad SMARTS) is 1. The number of primary amides is 2. The van der Waals surface area contributed by atoms with Crippen molar-refractivity contribution in [1.29, 1.82) is 0 Å². The van der Waals surface area contributed by atoms with Gasteiger partial charge in [0.15, 0.2) is 0 Å². The van der Waals surface area contributed by atoms with Crippen LogP contribution in [0.1, 0.15) is 121 Å². The molecule has 48 heteroatoms. The fourth-order valence-electron chi connectivity index (χ4n) is 12.1. The van der Waals surface area contributed by atoms with Crippen LogP contribution in [-0.2, 0) is 102 Å². The first-order chi connectivity index (χ1) is 57.7. The lowest BCUT2D eigenvalue weighted by Crippen LogP contribution is -2.60. The van der Waals surface area contributed by atoms with E-state index in [4.69, 9.17) is 30.4 Å². The monoisotopic (exact) mass is 1790 g/mol. The number of carbonyl (C=O) groups excluding carboxylic acids is 15. The number of aliphatic carboxylic acids is 1. The van der Waals surface area contributed by atoms with E-state index in [1.807, 2.05) is 19.1 Å². The van der Waals surface area contributed by atoms with Crippen molar-refractivity contribution in [1.82, 2.24) is 63.4 Å². The number of thioether (sulfide) groups is 1. The minimum atomic E-state index is -5.64. The summed E-state index contributed by atoms with van der Waals surface area (Å²) in [5.74, 6) is -11.2. The second-order valence-electron chi connectivity index (χ2n) is 28.9. The molecule has 1 saturated carbocycles. The third kappa shape index (κ3) is 39.6. The topological polar surface area (TPSA) is 697 Å². The summed E-state index contributed by atoms with van der Waals surface area (Å²) in [5, 5.41) is 58.5. The van der Waals surface area contributed by atoms with E-state index in [1.165, 1.54) is 0 Å². The lowest BCUT2D eigenvalue weighted by Gasteiger charge is -2.30. The number of aryl methyl sites for hydroxylation is 1. The fourth-order valence-corrected chi connectivity index (χ4v) is 15.6. The van der Waals surface area contributed by atoms with Crippen LogP contribution >= 0.6 is 27.0 Å². The molecule has 0 aromatic heterocycles. The number of para-hydroxylation sites is 1. The van der Waals surface area contributed by atoms with Gasteiger partial charge in [0.2, 0.25) is 76.8 Å². The molecule has 1 heterocycles. The van der Waals surface area contributed by atoms with Crippen LogP contribution < -0.4 is 80.6 Å². The van der Waals surface area contributed by atoms with Crippen molar-refractivity contribution in [2.75, 3.05) is 122 Å². The Morgan fingerprint density at radius 1 is 0.557 bits per heavy atom. The maximum Gasteiger partial charge on any atom is 0.369 e. The first-order valence-corrected chi connectivity index (χ1v) is 43.8. The van der Waals surface area contributed by atoms with Gasteiger partial charge in [0, 0.05) is 114 Å². The minimum absolute atomic E-state index is 0.0111. The molecule has 1 saturated heterocycles. The third-order valence-electron chi connectivity index (χ3n) is 19.0. The zero-order valence-electron chi connectivity index (χ0n) is 68.2. The van der Waals surface area contributed by atoms with E-state index in [0.29, 0.717) is 42.6 Å². The number of ether oxygens (including phenoxy) is 4. The normalized spacial score (nSPS) is 16.0. The van der Waals surface area contributed by atoms with Gasteiger partial charge in [-0.05, 0) is 99.5 Å². The lowest BCUT2D eigenvalue weighted by atomic mass is 9.81. The summed E-state index contributed by atoms with van der Waals surface area (Å²) in [5.41, 5.74) is 13.1. The van der Waals surface area contributed by atoms with Gasteiger partial charge in [-0.3, -0.25) is 81.2 Å². The van der Waals surface area contributed by atoms with Crippen LogP contribution in [0.2, 0.25) is 0 Å². The Balaban J connectivity index is 1.01. The molecule has 0 radical (unpaired) electrons. The van der Waals surface area contributed by atoms with Crippen LogP contribution in [0.4, 0.5) is 21.0 Å². The molecular weight excluding hydrogens is 1670 g/mol. The predicted molar refractivity (Wildman–Crippen MR) is 437 cm³/mol. The molecule has 1 unspecified atom stereocenters. The van der Waals surface area contributed by atoms with Crippen LogP contribution in [0.3, 0.4) is 0 Å². The molecule has 4 rings (SSSR count). The molecular formula is C74H116N16O29P2S. The van der Waals surface area contributed by atoms with Crippen molar-refractivity contribution in [2.24, 2.45) is 29.2 Å². The Morgan fingerprint density at radius 3 is 1.57 bits per heavy atom. The number of nitrogens with one attached hydrogen (secondary N) is 13. The van der Waals surface area contributed by atoms with Crippen molar-refractivity contribution in [2.45, 2.75) is 164 Å². The molecule has 17 amide bonds. The summed E-state index contributed by atoms with van der Waals surface area (Å²) in [6.07, 6.45) is -2.00. The van der Waals surface area contributed by atoms with E-state index in [9.17, 15) is 121 Å². The van der Waals surface area contributed by atoms with Crippen LogP contribution in [0, 0.1) is 24.7 Å². The van der Waals surface area contributed by atoms with Crippen molar-refractivity contribution in [3.63, 3.8) is 0 Å². The molecule has 1 aliphatic carbocycles. The fraction of sp³-hybridized carbons (Fsp3) is 0.622. The number of likely N-dealkylation sites (tertiary alicyclic amines) is 1. The number of urea groups is 2. The molecule has 24 N–H and O–H groups in total. The van der Waals surface area contributed by atoms with Gasteiger partial charge in [0.25, 0.3) is 5.08 Å². The van der Waals surface area contributed by atoms with Gasteiger partial charge in [0.05, 0.1) is 71.1 Å². The molecule has 0 bridgehead atoms. The first kappa shape index (κ1) is 105. The zero-order chi connectivity index (χ0) is 90.5. The Labute approximate surface area is 707 Å². The summed E-state index contributed by atoms with van der Waals surface area (Å²) in [7, 11) is -11.3. The maximum atomic E-state index is 13.9. The molecule has 0 spiro atoms. The number of carboxylic acids is 1. The molecule has 122 heavy (non-hydrogen) atoms. The number of nitrogens with zero attached hydrogens (tertiary/aromatic N) is 1. The Hall–Kier alpha value is -9.83. The maximum absolute atomic E-state index is 13.9. The van der Waals surface area contributed by atoms with Gasteiger partial charge < -0.3 is 134 Å². The summed E-state index contributed by atoms with van der Waals surface area (Å²) in [6.45, 7) is 5.13. The lowest BCUT2D eigenvalue weighted by molar-refractivity contribution is -0.140. The van der Waals surface area contributed by atoms with Crippen molar-refractivity contribution < 1.29 is 140 Å². The van der Waals surface area contributed by atoms with Gasteiger partial charge in [-0.25, -0.2) is 9.59 Å². The van der Waals surface area contributed by atoms with Crippen molar-refractivity contribution >= 4 is 133 Å². The molecule has 682 valence electrons. The van der Waals surface area contributed by atoms with Gasteiger partial charge in [-0.1, -0.05) is 44.2 Å².